The van der Waals surface area contributed by atoms with Gasteiger partial charge < -0.3 is 40.1 Å². The maximum absolute atomic E-state index is 14.5. The van der Waals surface area contributed by atoms with Crippen molar-refractivity contribution in [1.29, 1.82) is 0 Å². The Morgan fingerprint density at radius 3 is 1.68 bits per heavy atom. The number of aryl methyl sites for hydroxylation is 4. The topological polar surface area (TPSA) is 202 Å². The Morgan fingerprint density at radius 2 is 1.21 bits per heavy atom. The third-order valence-electron chi connectivity index (χ3n) is 11.8. The fourth-order valence-electron chi connectivity index (χ4n) is 8.27. The molecule has 18 nitrogen and oxygen atoms in total. The minimum Gasteiger partial charge on any atom is -0.476 e. The first kappa shape index (κ1) is 40.7. The van der Waals surface area contributed by atoms with E-state index in [9.17, 15) is 9.59 Å². The zero-order valence-electron chi connectivity index (χ0n) is 35.7. The van der Waals surface area contributed by atoms with Crippen molar-refractivity contribution in [3.8, 4) is 11.5 Å². The predicted molar refractivity (Wildman–Crippen MR) is 235 cm³/mol. The fraction of sp³-hybridized carbons (Fsp3) is 0.409. The first-order valence-corrected chi connectivity index (χ1v) is 21.0. The average molecular weight is 839 g/mol. The molecule has 9 rings (SSSR count). The Kier molecular flexibility index (Phi) is 11.2. The summed E-state index contributed by atoms with van der Waals surface area (Å²) in [7, 11) is 4.21. The average Bonchev–Trinajstić information content (AvgIpc) is 3.91. The van der Waals surface area contributed by atoms with Crippen LogP contribution < -0.4 is 35.2 Å². The predicted octanol–water partition coefficient (Wildman–Crippen LogP) is 3.94. The van der Waals surface area contributed by atoms with Crippen molar-refractivity contribution in [1.82, 2.24) is 50.1 Å². The Morgan fingerprint density at radius 1 is 0.710 bits per heavy atom. The van der Waals surface area contributed by atoms with Crippen molar-refractivity contribution in [3.63, 3.8) is 0 Å². The number of fused-ring (bicyclic) bond motifs is 4. The summed E-state index contributed by atoms with van der Waals surface area (Å²) >= 11 is 0. The molecular weight excluding hydrogens is 789 g/mol. The number of piperidine rings is 1. The quantitative estimate of drug-likeness (QED) is 0.160. The normalized spacial score (nSPS) is 18.6. The first-order chi connectivity index (χ1) is 29.9. The number of ether oxygens (including phenoxy) is 2. The molecule has 0 radical (unpaired) electrons. The zero-order chi connectivity index (χ0) is 43.1. The summed E-state index contributed by atoms with van der Waals surface area (Å²) in [6, 6.07) is 15.6. The van der Waals surface area contributed by atoms with Crippen LogP contribution in [0.4, 0.5) is 23.5 Å². The van der Waals surface area contributed by atoms with Crippen LogP contribution in [0.1, 0.15) is 41.8 Å². The largest absolute Gasteiger partial charge is 0.476 e. The highest BCUT2D eigenvalue weighted by Crippen LogP contribution is 2.29. The van der Waals surface area contributed by atoms with Gasteiger partial charge in [0.15, 0.2) is 22.9 Å². The van der Waals surface area contributed by atoms with Crippen molar-refractivity contribution < 1.29 is 19.1 Å². The highest BCUT2D eigenvalue weighted by atomic mass is 16.6. The van der Waals surface area contributed by atoms with Crippen molar-refractivity contribution in [2.75, 3.05) is 60.7 Å². The Bertz CT molecular complexity index is 2620. The molecule has 4 unspecified atom stereocenters. The minimum atomic E-state index is -1.55. The van der Waals surface area contributed by atoms with Crippen LogP contribution in [-0.4, -0.2) is 127 Å². The molecule has 2 aromatic carbocycles. The SMILES string of the molecule is Cc1ccc(OC(C(=O)Nc2cnc3nc(N4CCC(N(C)C)CC4)nc(C)c3n2)C(Oc2ccc(C)cc2)C(=O)Nc2cnc3nc(N4CC5CC4CN5)nc(C)c3n2)cc1. The summed E-state index contributed by atoms with van der Waals surface area (Å²) < 4.78 is 12.7. The number of hydrogen-bond donors (Lipinski definition) is 3. The molecule has 6 aromatic rings. The molecule has 4 atom stereocenters. The lowest BCUT2D eigenvalue weighted by atomic mass is 10.0. The Hall–Kier alpha value is -6.66. The Labute approximate surface area is 358 Å². The molecular formula is C44H50N14O4. The minimum absolute atomic E-state index is 0.119. The van der Waals surface area contributed by atoms with E-state index in [0.29, 0.717) is 75.2 Å². The van der Waals surface area contributed by atoms with Gasteiger partial charge in [0.1, 0.15) is 22.5 Å². The number of hydrogen-bond acceptors (Lipinski definition) is 16. The van der Waals surface area contributed by atoms with E-state index in [0.717, 1.165) is 56.6 Å². The van der Waals surface area contributed by atoms with Gasteiger partial charge in [0, 0.05) is 44.3 Å². The first-order valence-electron chi connectivity index (χ1n) is 21.0. The molecule has 3 aliphatic heterocycles. The van der Waals surface area contributed by atoms with E-state index < -0.39 is 24.0 Å². The smallest absolute Gasteiger partial charge is 0.271 e. The molecule has 0 aliphatic carbocycles. The van der Waals surface area contributed by atoms with Gasteiger partial charge in [0.05, 0.1) is 23.8 Å². The van der Waals surface area contributed by atoms with E-state index in [1.807, 2.05) is 52.0 Å². The van der Waals surface area contributed by atoms with Crippen molar-refractivity contribution in [2.24, 2.45) is 0 Å². The lowest BCUT2D eigenvalue weighted by Gasteiger charge is -2.35. The molecule has 3 fully saturated rings. The molecule has 320 valence electrons. The molecule has 2 bridgehead atoms. The molecule has 3 aliphatic rings. The van der Waals surface area contributed by atoms with Crippen LogP contribution >= 0.6 is 0 Å². The zero-order valence-corrected chi connectivity index (χ0v) is 35.7. The fourth-order valence-corrected chi connectivity index (χ4v) is 8.27. The molecule has 18 heteroatoms. The van der Waals surface area contributed by atoms with Gasteiger partial charge in [-0.15, -0.1) is 0 Å². The van der Waals surface area contributed by atoms with Crippen LogP contribution in [0, 0.1) is 27.7 Å². The number of amides is 2. The van der Waals surface area contributed by atoms with Gasteiger partial charge in [-0.1, -0.05) is 35.4 Å². The molecule has 62 heavy (non-hydrogen) atoms. The van der Waals surface area contributed by atoms with Gasteiger partial charge in [0.25, 0.3) is 11.8 Å². The highest BCUT2D eigenvalue weighted by molar-refractivity contribution is 6.02. The Balaban J connectivity index is 1.00. The third-order valence-corrected chi connectivity index (χ3v) is 11.8. The van der Waals surface area contributed by atoms with Crippen LogP contribution in [0.5, 0.6) is 11.5 Å². The van der Waals surface area contributed by atoms with Gasteiger partial charge in [-0.3, -0.25) is 9.59 Å². The summed E-state index contributed by atoms with van der Waals surface area (Å²) in [5, 5.41) is 9.16. The van der Waals surface area contributed by atoms with Gasteiger partial charge >= 0.3 is 0 Å². The number of nitrogens with zero attached hydrogens (tertiary/aromatic N) is 11. The van der Waals surface area contributed by atoms with Gasteiger partial charge in [0.2, 0.25) is 24.1 Å². The summed E-state index contributed by atoms with van der Waals surface area (Å²) in [4.78, 5) is 73.3. The van der Waals surface area contributed by atoms with Gasteiger partial charge in [-0.25, -0.2) is 29.9 Å². The summed E-state index contributed by atoms with van der Waals surface area (Å²) in [6.07, 6.45) is 2.83. The van der Waals surface area contributed by atoms with Crippen LogP contribution in [0.2, 0.25) is 0 Å². The standard InChI is InChI=1S/C44H50N14O4/c1-24-7-11-31(12-8-24)61-37(41(59)52-33-21-46-39-35(50-33)26(3)48-43(54-39)57-17-15-29(16-18-57)56(5)6)38(62-32-13-9-25(2)10-14-32)42(60)53-34-22-47-40-36(51-34)27(4)49-44(55-40)58-23-28-19-30(58)20-45-28/h7-14,21-22,28-30,37-38,45H,15-20,23H2,1-6H3,(H,50,52,59)(H,51,53,60). The van der Waals surface area contributed by atoms with Gasteiger partial charge in [-0.05, 0) is 85.3 Å². The van der Waals surface area contributed by atoms with Gasteiger partial charge in [-0.2, -0.15) is 9.97 Å². The van der Waals surface area contributed by atoms with E-state index in [2.05, 4.69) is 54.7 Å². The lowest BCUT2D eigenvalue weighted by molar-refractivity contribution is -0.136. The van der Waals surface area contributed by atoms with E-state index in [1.165, 1.54) is 12.4 Å². The van der Waals surface area contributed by atoms with Crippen LogP contribution in [0.15, 0.2) is 60.9 Å². The summed E-state index contributed by atoms with van der Waals surface area (Å²) in [6.45, 7) is 11.0. The van der Waals surface area contributed by atoms with E-state index in [-0.39, 0.29) is 11.6 Å². The number of carbonyl (C=O) groups is 2. The molecule has 2 amide bonds. The maximum Gasteiger partial charge on any atom is 0.271 e. The highest BCUT2D eigenvalue weighted by Gasteiger charge is 2.40. The third kappa shape index (κ3) is 8.60. The summed E-state index contributed by atoms with van der Waals surface area (Å²) in [5.41, 5.74) is 4.89. The number of piperazine rings is 1. The number of nitrogens with one attached hydrogen (secondary N) is 3. The van der Waals surface area contributed by atoms with Crippen molar-refractivity contribution in [2.45, 2.75) is 77.3 Å². The summed E-state index contributed by atoms with van der Waals surface area (Å²) in [5.74, 6) is 0.715. The van der Waals surface area contributed by atoms with E-state index in [1.54, 1.807) is 24.3 Å². The molecule has 0 saturated carbocycles. The molecule has 4 aromatic heterocycles. The molecule has 3 saturated heterocycles. The van der Waals surface area contributed by atoms with E-state index in [4.69, 9.17) is 39.4 Å². The maximum atomic E-state index is 14.5. The molecule has 7 heterocycles. The molecule has 3 N–H and O–H groups in total. The lowest BCUT2D eigenvalue weighted by Crippen LogP contribution is -2.51. The molecule has 0 spiro atoms. The van der Waals surface area contributed by atoms with E-state index >= 15 is 0 Å². The number of carbonyl (C=O) groups excluding carboxylic acids is 2. The second kappa shape index (κ2) is 17.0. The van der Waals surface area contributed by atoms with Crippen molar-refractivity contribution >= 4 is 57.7 Å². The van der Waals surface area contributed by atoms with Crippen LogP contribution in [0.3, 0.4) is 0 Å². The number of anilines is 4. The van der Waals surface area contributed by atoms with Crippen LogP contribution in [-0.2, 0) is 9.59 Å². The number of benzene rings is 2. The second-order valence-corrected chi connectivity index (χ2v) is 16.6. The monoisotopic (exact) mass is 838 g/mol. The van der Waals surface area contributed by atoms with Crippen LogP contribution in [0.25, 0.3) is 22.3 Å². The van der Waals surface area contributed by atoms with Crippen molar-refractivity contribution in [3.05, 3.63) is 83.4 Å². The number of aromatic nitrogens is 8. The number of rotatable bonds is 12. The second-order valence-electron chi connectivity index (χ2n) is 16.6.